The van der Waals surface area contributed by atoms with E-state index in [0.29, 0.717) is 6.42 Å². The number of carbonyl (C=O) groups excluding carboxylic acids is 1. The van der Waals surface area contributed by atoms with Crippen LogP contribution in [0.5, 0.6) is 0 Å². The topological polar surface area (TPSA) is 52.6 Å². The highest BCUT2D eigenvalue weighted by Gasteiger charge is 2.32. The number of hydrogen-bond acceptors (Lipinski definition) is 3. The molecule has 0 aliphatic carbocycles. The Bertz CT molecular complexity index is 479. The van der Waals surface area contributed by atoms with E-state index < -0.39 is 0 Å². The molecule has 1 heterocycles. The molecule has 0 aromatic heterocycles. The Morgan fingerprint density at radius 3 is 2.89 bits per heavy atom. The number of carbonyl (C=O) groups is 1. The van der Waals surface area contributed by atoms with Gasteiger partial charge in [-0.3, -0.25) is 4.79 Å². The summed E-state index contributed by atoms with van der Waals surface area (Å²) < 4.78 is 1.03. The van der Waals surface area contributed by atoms with Gasteiger partial charge in [-0.05, 0) is 38.0 Å². The molecule has 0 spiro atoms. The molecule has 1 aliphatic heterocycles. The summed E-state index contributed by atoms with van der Waals surface area (Å²) in [6, 6.07) is 5.91. The molecule has 1 fully saturated rings. The van der Waals surface area contributed by atoms with E-state index in [2.05, 4.69) is 26.1 Å². The molecule has 4 nitrogen and oxygen atoms in total. The van der Waals surface area contributed by atoms with Gasteiger partial charge in [-0.2, -0.15) is 0 Å². The third-order valence-electron chi connectivity index (χ3n) is 3.43. The van der Waals surface area contributed by atoms with Crippen LogP contribution in [0.25, 0.3) is 0 Å². The number of anilines is 1. The van der Waals surface area contributed by atoms with Crippen LogP contribution in [0.3, 0.4) is 0 Å². The van der Waals surface area contributed by atoms with Gasteiger partial charge >= 0.3 is 0 Å². The zero-order valence-electron chi connectivity index (χ0n) is 11.2. The molecule has 1 aromatic rings. The van der Waals surface area contributed by atoms with Gasteiger partial charge < -0.3 is 15.3 Å². The van der Waals surface area contributed by atoms with Gasteiger partial charge in [-0.1, -0.05) is 22.0 Å². The van der Waals surface area contributed by atoms with Crippen molar-refractivity contribution in [2.24, 2.45) is 0 Å². The zero-order valence-corrected chi connectivity index (χ0v) is 12.8. The van der Waals surface area contributed by atoms with Crippen LogP contribution < -0.4 is 10.2 Å². The summed E-state index contributed by atoms with van der Waals surface area (Å²) in [4.78, 5) is 14.1. The molecule has 0 radical (unpaired) electrons. The quantitative estimate of drug-likeness (QED) is 0.891. The SMILES string of the molecule is Cc1ccc(N2CC(C)NC(=O)C2CCO)cc1Br. The smallest absolute Gasteiger partial charge is 0.243 e. The van der Waals surface area contributed by atoms with Crippen molar-refractivity contribution in [1.29, 1.82) is 0 Å². The van der Waals surface area contributed by atoms with Gasteiger partial charge in [-0.25, -0.2) is 0 Å². The van der Waals surface area contributed by atoms with Crippen LogP contribution in [0.15, 0.2) is 22.7 Å². The molecule has 104 valence electrons. The van der Waals surface area contributed by atoms with Gasteiger partial charge in [-0.15, -0.1) is 0 Å². The molecule has 2 rings (SSSR count). The maximum absolute atomic E-state index is 12.1. The van der Waals surface area contributed by atoms with Crippen LogP contribution in [0.2, 0.25) is 0 Å². The molecule has 1 saturated heterocycles. The normalized spacial score (nSPS) is 23.4. The molecule has 2 N–H and O–H groups in total. The number of piperazine rings is 1. The monoisotopic (exact) mass is 326 g/mol. The van der Waals surface area contributed by atoms with Crippen molar-refractivity contribution in [3.63, 3.8) is 0 Å². The number of aliphatic hydroxyl groups excluding tert-OH is 1. The van der Waals surface area contributed by atoms with Crippen LogP contribution in [0.4, 0.5) is 5.69 Å². The second-order valence-electron chi connectivity index (χ2n) is 5.02. The maximum Gasteiger partial charge on any atom is 0.243 e. The molecule has 5 heteroatoms. The number of hydrogen-bond donors (Lipinski definition) is 2. The van der Waals surface area contributed by atoms with Gasteiger partial charge in [0.05, 0.1) is 0 Å². The van der Waals surface area contributed by atoms with E-state index in [1.165, 1.54) is 0 Å². The fourth-order valence-electron chi connectivity index (χ4n) is 2.40. The lowest BCUT2D eigenvalue weighted by molar-refractivity contribution is -0.124. The third kappa shape index (κ3) is 3.09. The van der Waals surface area contributed by atoms with Gasteiger partial charge in [0.15, 0.2) is 0 Å². The van der Waals surface area contributed by atoms with Crippen LogP contribution in [0, 0.1) is 6.92 Å². The van der Waals surface area contributed by atoms with Crippen molar-refractivity contribution in [1.82, 2.24) is 5.32 Å². The van der Waals surface area contributed by atoms with Crippen molar-refractivity contribution < 1.29 is 9.90 Å². The van der Waals surface area contributed by atoms with Crippen LogP contribution in [0.1, 0.15) is 18.9 Å². The van der Waals surface area contributed by atoms with Crippen LogP contribution >= 0.6 is 15.9 Å². The molecule has 0 bridgehead atoms. The largest absolute Gasteiger partial charge is 0.396 e. The predicted molar refractivity (Wildman–Crippen MR) is 79.3 cm³/mol. The Labute approximate surface area is 121 Å². The van der Waals surface area contributed by atoms with Gasteiger partial charge in [0.25, 0.3) is 0 Å². The summed E-state index contributed by atoms with van der Waals surface area (Å²) in [6.45, 7) is 4.79. The maximum atomic E-state index is 12.1. The first-order valence-corrected chi connectivity index (χ1v) is 7.26. The minimum Gasteiger partial charge on any atom is -0.396 e. The van der Waals surface area contributed by atoms with Crippen molar-refractivity contribution >= 4 is 27.5 Å². The Hall–Kier alpha value is -1.07. The first kappa shape index (κ1) is 14.3. The Morgan fingerprint density at radius 2 is 2.26 bits per heavy atom. The van der Waals surface area contributed by atoms with Gasteiger partial charge in [0.1, 0.15) is 6.04 Å². The average Bonchev–Trinajstić information content (AvgIpc) is 2.36. The summed E-state index contributed by atoms with van der Waals surface area (Å²) in [6.07, 6.45) is 0.448. The summed E-state index contributed by atoms with van der Waals surface area (Å²) >= 11 is 3.53. The van der Waals surface area contributed by atoms with Crippen LogP contribution in [-0.2, 0) is 4.79 Å². The van der Waals surface area contributed by atoms with E-state index >= 15 is 0 Å². The van der Waals surface area contributed by atoms with Crippen molar-refractivity contribution in [3.05, 3.63) is 28.2 Å². The number of nitrogens with one attached hydrogen (secondary N) is 1. The van der Waals surface area contributed by atoms with E-state index in [1.807, 2.05) is 32.0 Å². The Balaban J connectivity index is 2.31. The first-order chi connectivity index (χ1) is 9.02. The third-order valence-corrected chi connectivity index (χ3v) is 4.28. The Morgan fingerprint density at radius 1 is 1.53 bits per heavy atom. The van der Waals surface area contributed by atoms with Gasteiger partial charge in [0.2, 0.25) is 5.91 Å². The lowest BCUT2D eigenvalue weighted by atomic mass is 10.0. The highest BCUT2D eigenvalue weighted by molar-refractivity contribution is 9.10. The minimum atomic E-state index is -0.296. The predicted octanol–water partition coefficient (Wildman–Crippen LogP) is 1.83. The number of aryl methyl sites for hydroxylation is 1. The molecule has 2 unspecified atom stereocenters. The number of nitrogens with zero attached hydrogens (tertiary/aromatic N) is 1. The van der Waals surface area contributed by atoms with Crippen molar-refractivity contribution in [3.8, 4) is 0 Å². The molecule has 2 atom stereocenters. The van der Waals surface area contributed by atoms with E-state index in [0.717, 1.165) is 22.3 Å². The fourth-order valence-corrected chi connectivity index (χ4v) is 2.77. The number of rotatable bonds is 3. The highest BCUT2D eigenvalue weighted by Crippen LogP contribution is 2.27. The summed E-state index contributed by atoms with van der Waals surface area (Å²) in [7, 11) is 0. The number of halogens is 1. The van der Waals surface area contributed by atoms with E-state index in [9.17, 15) is 4.79 Å². The standard InChI is InChI=1S/C14H19BrN2O2/c1-9-3-4-11(7-12(9)15)17-8-10(2)16-14(19)13(17)5-6-18/h3-4,7,10,13,18H,5-6,8H2,1-2H3,(H,16,19). The second kappa shape index (κ2) is 5.92. The molecule has 1 aliphatic rings. The van der Waals surface area contributed by atoms with E-state index in [4.69, 9.17) is 5.11 Å². The molecule has 1 amide bonds. The van der Waals surface area contributed by atoms with E-state index in [1.54, 1.807) is 0 Å². The average molecular weight is 327 g/mol. The molecular formula is C14H19BrN2O2. The fraction of sp³-hybridized carbons (Fsp3) is 0.500. The van der Waals surface area contributed by atoms with Gasteiger partial charge in [0, 0.05) is 29.4 Å². The van der Waals surface area contributed by atoms with E-state index in [-0.39, 0.29) is 24.6 Å². The number of benzene rings is 1. The lowest BCUT2D eigenvalue weighted by Crippen LogP contribution is -2.59. The first-order valence-electron chi connectivity index (χ1n) is 6.47. The summed E-state index contributed by atoms with van der Waals surface area (Å²) in [5.41, 5.74) is 2.18. The zero-order chi connectivity index (χ0) is 14.0. The summed E-state index contributed by atoms with van der Waals surface area (Å²) in [5.74, 6) is -0.00972. The second-order valence-corrected chi connectivity index (χ2v) is 5.88. The van der Waals surface area contributed by atoms with Crippen LogP contribution in [-0.4, -0.2) is 36.2 Å². The minimum absolute atomic E-state index is 0.00972. The Kier molecular flexibility index (Phi) is 4.47. The molecule has 1 aromatic carbocycles. The molecule has 0 saturated carbocycles. The number of amides is 1. The summed E-state index contributed by atoms with van der Waals surface area (Å²) in [5, 5.41) is 12.1. The molecule has 19 heavy (non-hydrogen) atoms. The van der Waals surface area contributed by atoms with Crippen molar-refractivity contribution in [2.45, 2.75) is 32.4 Å². The number of aliphatic hydroxyl groups is 1. The molecular weight excluding hydrogens is 308 g/mol. The lowest BCUT2D eigenvalue weighted by Gasteiger charge is -2.39. The highest BCUT2D eigenvalue weighted by atomic mass is 79.9. The van der Waals surface area contributed by atoms with Crippen molar-refractivity contribution in [2.75, 3.05) is 18.1 Å².